The Labute approximate surface area is 150 Å². The predicted octanol–water partition coefficient (Wildman–Crippen LogP) is 5.04. The van der Waals surface area contributed by atoms with Gasteiger partial charge in [0.25, 0.3) is 0 Å². The highest BCUT2D eigenvalue weighted by atomic mass is 14.9. The summed E-state index contributed by atoms with van der Waals surface area (Å²) in [5.41, 5.74) is 12.0. The van der Waals surface area contributed by atoms with E-state index in [0.717, 1.165) is 36.1 Å². The van der Waals surface area contributed by atoms with Gasteiger partial charge in [-0.25, -0.2) is 0 Å². The van der Waals surface area contributed by atoms with E-state index in [0.29, 0.717) is 11.4 Å². The van der Waals surface area contributed by atoms with Gasteiger partial charge in [0, 0.05) is 22.6 Å². The van der Waals surface area contributed by atoms with Crippen LogP contribution in [0.1, 0.15) is 61.9 Å². The second kappa shape index (κ2) is 8.34. The second-order valence-electron chi connectivity index (χ2n) is 6.04. The van der Waals surface area contributed by atoms with E-state index in [-0.39, 0.29) is 6.04 Å². The van der Waals surface area contributed by atoms with Crippen molar-refractivity contribution in [2.45, 2.75) is 46.1 Å². The number of rotatable bonds is 3. The number of hydrogen-bond acceptors (Lipinski definition) is 4. The lowest BCUT2D eigenvalue weighted by Gasteiger charge is -2.27. The summed E-state index contributed by atoms with van der Waals surface area (Å²) in [6.45, 7) is 5.74. The minimum absolute atomic E-state index is 0.231. The van der Waals surface area contributed by atoms with Crippen molar-refractivity contribution in [1.29, 1.82) is 10.7 Å². The van der Waals surface area contributed by atoms with Crippen LogP contribution in [0.15, 0.2) is 36.4 Å². The van der Waals surface area contributed by atoms with Crippen molar-refractivity contribution in [3.8, 4) is 6.07 Å². The van der Waals surface area contributed by atoms with Crippen LogP contribution < -0.4 is 11.1 Å². The molecule has 4 nitrogen and oxygen atoms in total. The fourth-order valence-electron chi connectivity index (χ4n) is 3.21. The summed E-state index contributed by atoms with van der Waals surface area (Å²) in [7, 11) is 0. The third kappa shape index (κ3) is 4.19. The predicted molar refractivity (Wildman–Crippen MR) is 105 cm³/mol. The van der Waals surface area contributed by atoms with Gasteiger partial charge < -0.3 is 16.5 Å². The van der Waals surface area contributed by atoms with E-state index in [2.05, 4.69) is 17.5 Å². The number of nitriles is 1. The highest BCUT2D eigenvalue weighted by Gasteiger charge is 2.20. The lowest BCUT2D eigenvalue weighted by Crippen LogP contribution is -2.17. The average Bonchev–Trinajstić information content (AvgIpc) is 2.64. The standard InChI is InChI=1S/C19H20N4.C2H6/c1-12(21)17-10-15(6-8-18(17)22)23-19-4-2-3-14-9-13(11-20)5-7-16(14)19;1-2/h5-10,19,21,23H,2-4,22H2,1H3;1-2H3. The average molecular weight is 334 g/mol. The van der Waals surface area contributed by atoms with Crippen molar-refractivity contribution >= 4 is 17.1 Å². The summed E-state index contributed by atoms with van der Waals surface area (Å²) < 4.78 is 0. The first-order valence-electron chi connectivity index (χ1n) is 8.83. The highest BCUT2D eigenvalue weighted by Crippen LogP contribution is 2.33. The minimum Gasteiger partial charge on any atom is -0.398 e. The van der Waals surface area contributed by atoms with Crippen LogP contribution in [0.2, 0.25) is 0 Å². The van der Waals surface area contributed by atoms with Crippen molar-refractivity contribution in [3.05, 3.63) is 58.7 Å². The normalized spacial score (nSPS) is 15.2. The van der Waals surface area contributed by atoms with Crippen LogP contribution in [0, 0.1) is 16.7 Å². The maximum atomic E-state index is 9.05. The Morgan fingerprint density at radius 1 is 1.24 bits per heavy atom. The molecule has 0 fully saturated rings. The molecule has 0 bridgehead atoms. The van der Waals surface area contributed by atoms with E-state index in [1.54, 1.807) is 6.92 Å². The number of nitrogen functional groups attached to an aromatic ring is 1. The molecule has 1 unspecified atom stereocenters. The van der Waals surface area contributed by atoms with Crippen LogP contribution in [-0.4, -0.2) is 5.71 Å². The van der Waals surface area contributed by atoms with Crippen molar-refractivity contribution in [3.63, 3.8) is 0 Å². The minimum atomic E-state index is 0.231. The molecule has 1 atom stereocenters. The van der Waals surface area contributed by atoms with Crippen LogP contribution in [0.5, 0.6) is 0 Å². The van der Waals surface area contributed by atoms with Crippen molar-refractivity contribution in [2.75, 3.05) is 11.1 Å². The van der Waals surface area contributed by atoms with E-state index in [1.807, 2.05) is 44.2 Å². The van der Waals surface area contributed by atoms with Gasteiger partial charge in [-0.05, 0) is 67.6 Å². The topological polar surface area (TPSA) is 85.7 Å². The van der Waals surface area contributed by atoms with Crippen LogP contribution in [0.4, 0.5) is 11.4 Å². The molecule has 2 aromatic rings. The number of anilines is 2. The number of hydrogen-bond donors (Lipinski definition) is 3. The molecule has 0 radical (unpaired) electrons. The molecule has 1 aliphatic carbocycles. The SMILES string of the molecule is CC.CC(=N)c1cc(NC2CCCc3cc(C#N)ccc32)ccc1N. The molecule has 130 valence electrons. The fourth-order valence-corrected chi connectivity index (χ4v) is 3.21. The van der Waals surface area contributed by atoms with Gasteiger partial charge in [0.05, 0.1) is 17.7 Å². The second-order valence-corrected chi connectivity index (χ2v) is 6.04. The number of nitrogens with two attached hydrogens (primary N) is 1. The van der Waals surface area contributed by atoms with Gasteiger partial charge in [0.15, 0.2) is 0 Å². The van der Waals surface area contributed by atoms with Gasteiger partial charge in [0.1, 0.15) is 0 Å². The van der Waals surface area contributed by atoms with E-state index >= 15 is 0 Å². The lowest BCUT2D eigenvalue weighted by molar-refractivity contribution is 0.600. The van der Waals surface area contributed by atoms with Gasteiger partial charge in [0.2, 0.25) is 0 Å². The molecule has 0 spiro atoms. The van der Waals surface area contributed by atoms with Crippen LogP contribution in [-0.2, 0) is 6.42 Å². The number of nitrogens with zero attached hydrogens (tertiary/aromatic N) is 1. The van der Waals surface area contributed by atoms with Gasteiger partial charge >= 0.3 is 0 Å². The third-order valence-electron chi connectivity index (χ3n) is 4.38. The molecule has 1 aliphatic rings. The van der Waals surface area contributed by atoms with E-state index in [9.17, 15) is 0 Å². The van der Waals surface area contributed by atoms with Crippen LogP contribution in [0.3, 0.4) is 0 Å². The molecular formula is C21H26N4. The zero-order valence-corrected chi connectivity index (χ0v) is 15.2. The maximum Gasteiger partial charge on any atom is 0.0991 e. The Bertz CT molecular complexity index is 802. The summed E-state index contributed by atoms with van der Waals surface area (Å²) in [5.74, 6) is 0. The molecule has 0 saturated carbocycles. The Morgan fingerprint density at radius 2 is 2.00 bits per heavy atom. The summed E-state index contributed by atoms with van der Waals surface area (Å²) in [5, 5.41) is 20.4. The smallest absolute Gasteiger partial charge is 0.0991 e. The molecular weight excluding hydrogens is 308 g/mol. The Balaban J connectivity index is 0.00000109. The Hall–Kier alpha value is -2.80. The molecule has 0 aromatic heterocycles. The Kier molecular flexibility index (Phi) is 6.19. The molecule has 0 saturated heterocycles. The number of fused-ring (bicyclic) bond motifs is 1. The monoisotopic (exact) mass is 334 g/mol. The molecule has 2 aromatic carbocycles. The first-order chi connectivity index (χ1) is 12.1. The molecule has 3 rings (SSSR count). The van der Waals surface area contributed by atoms with Gasteiger partial charge in [-0.15, -0.1) is 0 Å². The van der Waals surface area contributed by atoms with E-state index in [4.69, 9.17) is 16.4 Å². The fraction of sp³-hybridized carbons (Fsp3) is 0.333. The zero-order chi connectivity index (χ0) is 18.4. The first-order valence-corrected chi connectivity index (χ1v) is 8.83. The molecule has 0 heterocycles. The summed E-state index contributed by atoms with van der Waals surface area (Å²) in [4.78, 5) is 0. The number of aryl methyl sites for hydroxylation is 1. The number of benzene rings is 2. The molecule has 25 heavy (non-hydrogen) atoms. The zero-order valence-electron chi connectivity index (χ0n) is 15.2. The van der Waals surface area contributed by atoms with Gasteiger partial charge in [-0.1, -0.05) is 19.9 Å². The third-order valence-corrected chi connectivity index (χ3v) is 4.38. The van der Waals surface area contributed by atoms with Crippen molar-refractivity contribution in [2.24, 2.45) is 0 Å². The Morgan fingerprint density at radius 3 is 2.68 bits per heavy atom. The summed E-state index contributed by atoms with van der Waals surface area (Å²) in [6, 6.07) is 14.1. The largest absolute Gasteiger partial charge is 0.398 e. The van der Waals surface area contributed by atoms with E-state index in [1.165, 1.54) is 11.1 Å². The number of nitrogens with one attached hydrogen (secondary N) is 2. The maximum absolute atomic E-state index is 9.05. The van der Waals surface area contributed by atoms with E-state index < -0.39 is 0 Å². The lowest BCUT2D eigenvalue weighted by atomic mass is 9.86. The van der Waals surface area contributed by atoms with Gasteiger partial charge in [-0.3, -0.25) is 0 Å². The summed E-state index contributed by atoms with van der Waals surface area (Å²) >= 11 is 0. The molecule has 4 N–H and O–H groups in total. The van der Waals surface area contributed by atoms with Crippen LogP contribution >= 0.6 is 0 Å². The first kappa shape index (κ1) is 18.5. The molecule has 0 aliphatic heterocycles. The van der Waals surface area contributed by atoms with Crippen LogP contribution in [0.25, 0.3) is 0 Å². The van der Waals surface area contributed by atoms with Crippen molar-refractivity contribution in [1.82, 2.24) is 0 Å². The molecule has 4 heteroatoms. The van der Waals surface area contributed by atoms with Crippen molar-refractivity contribution < 1.29 is 0 Å². The highest BCUT2D eigenvalue weighted by molar-refractivity contribution is 6.01. The van der Waals surface area contributed by atoms with Gasteiger partial charge in [-0.2, -0.15) is 5.26 Å². The summed E-state index contributed by atoms with van der Waals surface area (Å²) in [6.07, 6.45) is 3.18. The quantitative estimate of drug-likeness (QED) is 0.542. The molecule has 0 amide bonds.